The molecular formula is C17H30IN3O2S. The van der Waals surface area contributed by atoms with E-state index in [1.165, 1.54) is 12.8 Å². The van der Waals surface area contributed by atoms with Crippen LogP contribution in [0.1, 0.15) is 31.9 Å². The van der Waals surface area contributed by atoms with Gasteiger partial charge in [-0.25, -0.2) is 0 Å². The number of thioether (sulfide) groups is 1. The molecule has 0 amide bonds. The minimum Gasteiger partial charge on any atom is -0.469 e. The molecule has 138 valence electrons. The zero-order valence-electron chi connectivity index (χ0n) is 14.6. The average molecular weight is 467 g/mol. The van der Waals surface area contributed by atoms with Gasteiger partial charge in [0.2, 0.25) is 0 Å². The molecule has 1 aliphatic heterocycles. The molecule has 0 aliphatic carbocycles. The van der Waals surface area contributed by atoms with Crippen LogP contribution < -0.4 is 10.6 Å². The van der Waals surface area contributed by atoms with Crippen molar-refractivity contribution in [3.05, 3.63) is 24.2 Å². The van der Waals surface area contributed by atoms with Crippen LogP contribution in [-0.2, 0) is 11.2 Å². The maximum Gasteiger partial charge on any atom is 0.191 e. The van der Waals surface area contributed by atoms with Crippen LogP contribution in [0.15, 0.2) is 27.8 Å². The van der Waals surface area contributed by atoms with E-state index in [1.54, 1.807) is 6.26 Å². The number of hydrogen-bond acceptors (Lipinski definition) is 4. The lowest BCUT2D eigenvalue weighted by Crippen LogP contribution is -2.43. The van der Waals surface area contributed by atoms with Gasteiger partial charge in [-0.15, -0.1) is 24.0 Å². The summed E-state index contributed by atoms with van der Waals surface area (Å²) in [5.41, 5.74) is 0. The fourth-order valence-electron chi connectivity index (χ4n) is 2.41. The Morgan fingerprint density at radius 2 is 2.29 bits per heavy atom. The lowest BCUT2D eigenvalue weighted by Gasteiger charge is -2.24. The second-order valence-corrected chi connectivity index (χ2v) is 7.14. The Balaban J connectivity index is 0.00000288. The molecule has 0 aromatic carbocycles. The Kier molecular flexibility index (Phi) is 11.6. The number of halogens is 1. The van der Waals surface area contributed by atoms with E-state index in [9.17, 15) is 0 Å². The summed E-state index contributed by atoms with van der Waals surface area (Å²) >= 11 is 1.83. The topological polar surface area (TPSA) is 58.8 Å². The maximum atomic E-state index is 5.77. The zero-order chi connectivity index (χ0) is 16.3. The van der Waals surface area contributed by atoms with E-state index >= 15 is 0 Å². The molecule has 2 N–H and O–H groups in total. The molecule has 2 atom stereocenters. The van der Waals surface area contributed by atoms with Crippen LogP contribution in [0.5, 0.6) is 0 Å². The maximum absolute atomic E-state index is 5.77. The summed E-state index contributed by atoms with van der Waals surface area (Å²) in [4.78, 5) is 4.69. The van der Waals surface area contributed by atoms with Gasteiger partial charge in [-0.3, -0.25) is 4.99 Å². The fraction of sp³-hybridized carbons (Fsp3) is 0.706. The van der Waals surface area contributed by atoms with Crippen molar-refractivity contribution in [2.24, 2.45) is 4.99 Å². The highest BCUT2D eigenvalue weighted by molar-refractivity contribution is 14.0. The van der Waals surface area contributed by atoms with Crippen molar-refractivity contribution in [2.45, 2.75) is 44.0 Å². The standard InChI is InChI=1S/C17H29N3O2S.HI/c1-14(23-2)12-19-17(18-9-8-15-7-5-11-21-15)20-13-16-6-3-4-10-22-16;/h5,7,11,14,16H,3-4,6,8-10,12-13H2,1-2H3,(H2,18,19,20);1H. The minimum atomic E-state index is 0. The van der Waals surface area contributed by atoms with Gasteiger partial charge >= 0.3 is 0 Å². The zero-order valence-corrected chi connectivity index (χ0v) is 17.8. The highest BCUT2D eigenvalue weighted by Crippen LogP contribution is 2.11. The molecule has 1 saturated heterocycles. The van der Waals surface area contributed by atoms with Crippen LogP contribution in [0.4, 0.5) is 0 Å². The van der Waals surface area contributed by atoms with E-state index < -0.39 is 0 Å². The van der Waals surface area contributed by atoms with Gasteiger partial charge in [0.15, 0.2) is 5.96 Å². The van der Waals surface area contributed by atoms with E-state index in [0.717, 1.165) is 50.8 Å². The summed E-state index contributed by atoms with van der Waals surface area (Å²) in [7, 11) is 0. The largest absolute Gasteiger partial charge is 0.469 e. The molecule has 7 heteroatoms. The van der Waals surface area contributed by atoms with Crippen LogP contribution >= 0.6 is 35.7 Å². The first kappa shape index (κ1) is 21.6. The van der Waals surface area contributed by atoms with E-state index in [2.05, 4.69) is 28.8 Å². The summed E-state index contributed by atoms with van der Waals surface area (Å²) < 4.78 is 11.1. The summed E-state index contributed by atoms with van der Waals surface area (Å²) in [5.74, 6) is 1.86. The molecule has 1 aliphatic rings. The first-order chi connectivity index (χ1) is 11.3. The molecule has 0 bridgehead atoms. The van der Waals surface area contributed by atoms with Gasteiger partial charge in [-0.1, -0.05) is 6.92 Å². The van der Waals surface area contributed by atoms with Crippen LogP contribution in [0.2, 0.25) is 0 Å². The van der Waals surface area contributed by atoms with Crippen molar-refractivity contribution in [3.8, 4) is 0 Å². The lowest BCUT2D eigenvalue weighted by atomic mass is 10.1. The SMILES string of the molecule is CSC(C)CN=C(NCCc1ccco1)NCC1CCCCO1.I. The third kappa shape index (κ3) is 8.62. The van der Waals surface area contributed by atoms with E-state index in [4.69, 9.17) is 9.15 Å². The second kappa shape index (κ2) is 12.9. The van der Waals surface area contributed by atoms with Gasteiger partial charge in [0, 0.05) is 31.4 Å². The van der Waals surface area contributed by atoms with Gasteiger partial charge in [0.25, 0.3) is 0 Å². The van der Waals surface area contributed by atoms with Gasteiger partial charge < -0.3 is 19.8 Å². The molecule has 0 spiro atoms. The Bertz CT molecular complexity index is 451. The number of furan rings is 1. The van der Waals surface area contributed by atoms with E-state index in [1.807, 2.05) is 23.9 Å². The third-order valence-electron chi connectivity index (χ3n) is 3.92. The van der Waals surface area contributed by atoms with Crippen molar-refractivity contribution < 1.29 is 9.15 Å². The van der Waals surface area contributed by atoms with Gasteiger partial charge in [-0.05, 0) is 37.7 Å². The minimum absolute atomic E-state index is 0. The number of guanidine groups is 1. The Morgan fingerprint density at radius 1 is 1.42 bits per heavy atom. The summed E-state index contributed by atoms with van der Waals surface area (Å²) in [6, 6.07) is 3.92. The molecule has 1 aromatic heterocycles. The predicted molar refractivity (Wildman–Crippen MR) is 113 cm³/mol. The normalized spacial score (nSPS) is 19.4. The number of nitrogens with one attached hydrogen (secondary N) is 2. The monoisotopic (exact) mass is 467 g/mol. The summed E-state index contributed by atoms with van der Waals surface area (Å²) in [6.07, 6.45) is 8.56. The van der Waals surface area contributed by atoms with Crippen LogP contribution in [-0.4, -0.2) is 49.8 Å². The Labute approximate surface area is 166 Å². The van der Waals surface area contributed by atoms with Crippen LogP contribution in [0.25, 0.3) is 0 Å². The Morgan fingerprint density at radius 3 is 2.96 bits per heavy atom. The average Bonchev–Trinajstić information content (AvgIpc) is 3.10. The third-order valence-corrected chi connectivity index (χ3v) is 4.88. The number of nitrogens with zero attached hydrogens (tertiary/aromatic N) is 1. The first-order valence-electron chi connectivity index (χ1n) is 8.47. The van der Waals surface area contributed by atoms with Crippen molar-refractivity contribution in [2.75, 3.05) is 32.5 Å². The van der Waals surface area contributed by atoms with Gasteiger partial charge in [-0.2, -0.15) is 11.8 Å². The van der Waals surface area contributed by atoms with Crippen molar-refractivity contribution in [1.82, 2.24) is 10.6 Å². The molecule has 2 unspecified atom stereocenters. The molecule has 1 aromatic rings. The number of hydrogen-bond donors (Lipinski definition) is 2. The molecule has 2 rings (SSSR count). The van der Waals surface area contributed by atoms with Crippen molar-refractivity contribution in [3.63, 3.8) is 0 Å². The quantitative estimate of drug-likeness (QED) is 0.349. The molecule has 5 nitrogen and oxygen atoms in total. The predicted octanol–water partition coefficient (Wildman–Crippen LogP) is 3.30. The molecular weight excluding hydrogens is 437 g/mol. The molecule has 0 radical (unpaired) electrons. The van der Waals surface area contributed by atoms with Crippen molar-refractivity contribution >= 4 is 41.7 Å². The highest BCUT2D eigenvalue weighted by Gasteiger charge is 2.14. The van der Waals surface area contributed by atoms with Crippen LogP contribution in [0, 0.1) is 0 Å². The Hall–Kier alpha value is -0.410. The highest BCUT2D eigenvalue weighted by atomic mass is 127. The molecule has 0 saturated carbocycles. The number of rotatable bonds is 8. The van der Waals surface area contributed by atoms with Crippen LogP contribution in [0.3, 0.4) is 0 Å². The number of ether oxygens (including phenoxy) is 1. The van der Waals surface area contributed by atoms with E-state index in [-0.39, 0.29) is 24.0 Å². The molecule has 1 fully saturated rings. The second-order valence-electron chi connectivity index (χ2n) is 5.86. The smallest absolute Gasteiger partial charge is 0.191 e. The molecule has 2 heterocycles. The van der Waals surface area contributed by atoms with E-state index in [0.29, 0.717) is 11.4 Å². The first-order valence-corrected chi connectivity index (χ1v) is 9.75. The van der Waals surface area contributed by atoms with Gasteiger partial charge in [0.05, 0.1) is 18.9 Å². The van der Waals surface area contributed by atoms with Gasteiger partial charge in [0.1, 0.15) is 5.76 Å². The summed E-state index contributed by atoms with van der Waals surface area (Å²) in [5, 5.41) is 7.33. The summed E-state index contributed by atoms with van der Waals surface area (Å²) in [6.45, 7) is 5.51. The van der Waals surface area contributed by atoms with Crippen molar-refractivity contribution in [1.29, 1.82) is 0 Å². The molecule has 24 heavy (non-hydrogen) atoms. The lowest BCUT2D eigenvalue weighted by molar-refractivity contribution is 0.0194. The number of aliphatic imine (C=N–C) groups is 1. The fourth-order valence-corrected chi connectivity index (χ4v) is 2.63.